The lowest BCUT2D eigenvalue weighted by atomic mass is 9.80. The molecule has 2 rings (SSSR count). The third-order valence-corrected chi connectivity index (χ3v) is 5.56. The van der Waals surface area contributed by atoms with Gasteiger partial charge in [-0.05, 0) is 35.5 Å². The van der Waals surface area contributed by atoms with Crippen molar-refractivity contribution in [2.75, 3.05) is 7.05 Å². The summed E-state index contributed by atoms with van der Waals surface area (Å²) in [5, 5.41) is 25.2. The first-order valence-electron chi connectivity index (χ1n) is 10.1. The fourth-order valence-corrected chi connectivity index (χ4v) is 3.84. The summed E-state index contributed by atoms with van der Waals surface area (Å²) in [7, 11) is 1.47. The predicted molar refractivity (Wildman–Crippen MR) is 112 cm³/mol. The normalized spacial score (nSPS) is 16.7. The number of fused-ring (bicyclic) bond motifs is 1. The highest BCUT2D eigenvalue weighted by atomic mass is 16.5. The van der Waals surface area contributed by atoms with E-state index >= 15 is 0 Å². The van der Waals surface area contributed by atoms with Gasteiger partial charge in [-0.15, -0.1) is 0 Å². The quantitative estimate of drug-likeness (QED) is 0.304. The van der Waals surface area contributed by atoms with Crippen LogP contribution < -0.4 is 16.1 Å². The van der Waals surface area contributed by atoms with Crippen molar-refractivity contribution in [3.8, 4) is 0 Å². The summed E-state index contributed by atoms with van der Waals surface area (Å²) in [5.74, 6) is -3.44. The highest BCUT2D eigenvalue weighted by Gasteiger charge is 2.46. The van der Waals surface area contributed by atoms with E-state index in [2.05, 4.69) is 10.6 Å². The van der Waals surface area contributed by atoms with Crippen LogP contribution in [-0.2, 0) is 20.8 Å². The van der Waals surface area contributed by atoms with Crippen molar-refractivity contribution in [1.29, 1.82) is 0 Å². The third-order valence-electron chi connectivity index (χ3n) is 5.56. The Balaban J connectivity index is 2.27. The molecule has 1 aromatic rings. The molecule has 0 radical (unpaired) electrons. The smallest absolute Gasteiger partial charge is 0.253 e. The molecule has 0 fully saturated rings. The number of nitrogens with one attached hydrogen (secondary N) is 3. The number of hydrogen-bond donors (Lipinski definition) is 5. The molecule has 0 heterocycles. The predicted octanol–water partition coefficient (Wildman–Crippen LogP) is 1.17. The molecule has 0 bridgehead atoms. The van der Waals surface area contributed by atoms with Gasteiger partial charge in [0.1, 0.15) is 6.04 Å². The molecule has 0 saturated carbocycles. The molecule has 0 saturated heterocycles. The lowest BCUT2D eigenvalue weighted by molar-refractivity contribution is -0.159. The SMILES string of the molecule is CNC(=O)C(CC1=CCc2ccccc21)NC(=O)C(O)(CC(C)C)C(C)C(=O)NO. The second-order valence-corrected chi connectivity index (χ2v) is 8.16. The van der Waals surface area contributed by atoms with Crippen LogP contribution in [0.15, 0.2) is 30.3 Å². The number of benzene rings is 1. The van der Waals surface area contributed by atoms with Gasteiger partial charge in [0.2, 0.25) is 11.8 Å². The number of hydroxylamine groups is 1. The molecule has 3 amide bonds. The summed E-state index contributed by atoms with van der Waals surface area (Å²) in [5.41, 5.74) is 2.52. The third kappa shape index (κ3) is 5.06. The van der Waals surface area contributed by atoms with E-state index in [1.165, 1.54) is 19.5 Å². The van der Waals surface area contributed by atoms with Gasteiger partial charge in [0, 0.05) is 13.5 Å². The van der Waals surface area contributed by atoms with Gasteiger partial charge in [0.05, 0.1) is 5.92 Å². The lowest BCUT2D eigenvalue weighted by Gasteiger charge is -2.34. The first kappa shape index (κ1) is 23.6. The van der Waals surface area contributed by atoms with Crippen LogP contribution in [-0.4, -0.2) is 46.7 Å². The first-order chi connectivity index (χ1) is 14.1. The van der Waals surface area contributed by atoms with Crippen molar-refractivity contribution in [2.24, 2.45) is 11.8 Å². The average Bonchev–Trinajstić information content (AvgIpc) is 3.13. The molecule has 0 aromatic heterocycles. The Morgan fingerprint density at radius 2 is 1.80 bits per heavy atom. The first-order valence-corrected chi connectivity index (χ1v) is 10.1. The van der Waals surface area contributed by atoms with Crippen LogP contribution in [0.25, 0.3) is 5.57 Å². The molecule has 0 aliphatic heterocycles. The van der Waals surface area contributed by atoms with Crippen LogP contribution in [0.2, 0.25) is 0 Å². The van der Waals surface area contributed by atoms with Gasteiger partial charge in [-0.3, -0.25) is 19.6 Å². The topological polar surface area (TPSA) is 128 Å². The van der Waals surface area contributed by atoms with Crippen molar-refractivity contribution in [1.82, 2.24) is 16.1 Å². The monoisotopic (exact) mass is 417 g/mol. The van der Waals surface area contributed by atoms with Crippen molar-refractivity contribution >= 4 is 23.3 Å². The lowest BCUT2D eigenvalue weighted by Crippen LogP contribution is -2.59. The molecule has 1 aliphatic carbocycles. The maximum absolute atomic E-state index is 13.1. The molecule has 3 atom stereocenters. The minimum atomic E-state index is -2.09. The zero-order valence-corrected chi connectivity index (χ0v) is 17.9. The highest BCUT2D eigenvalue weighted by Crippen LogP contribution is 2.31. The number of rotatable bonds is 9. The Morgan fingerprint density at radius 1 is 1.13 bits per heavy atom. The van der Waals surface area contributed by atoms with Gasteiger partial charge in [0.15, 0.2) is 5.60 Å². The Hall–Kier alpha value is -2.71. The highest BCUT2D eigenvalue weighted by molar-refractivity contribution is 5.96. The second-order valence-electron chi connectivity index (χ2n) is 8.16. The summed E-state index contributed by atoms with van der Waals surface area (Å²) in [4.78, 5) is 37.5. The van der Waals surface area contributed by atoms with Gasteiger partial charge in [0.25, 0.3) is 5.91 Å². The Bertz CT molecular complexity index is 836. The minimum Gasteiger partial charge on any atom is -0.379 e. The van der Waals surface area contributed by atoms with Gasteiger partial charge in [-0.25, -0.2) is 5.48 Å². The molecular formula is C22H31N3O5. The minimum absolute atomic E-state index is 0.0145. The van der Waals surface area contributed by atoms with E-state index in [1.54, 1.807) is 13.8 Å². The molecule has 1 aliphatic rings. The Morgan fingerprint density at radius 3 is 2.40 bits per heavy atom. The fraction of sp³-hybridized carbons (Fsp3) is 0.500. The van der Waals surface area contributed by atoms with Crippen molar-refractivity contribution in [2.45, 2.75) is 51.7 Å². The standard InChI is InChI=1S/C22H31N3O5/c1-13(2)12-22(29,14(3)19(26)25-30)21(28)24-18(20(27)23-4)11-16-10-9-15-7-5-6-8-17(15)16/h5-8,10,13-14,18,29-30H,9,11-12H2,1-4H3,(H,23,27)(H,24,28)(H,25,26). The van der Waals surface area contributed by atoms with E-state index in [0.717, 1.165) is 23.1 Å². The van der Waals surface area contributed by atoms with Crippen LogP contribution in [0.5, 0.6) is 0 Å². The van der Waals surface area contributed by atoms with E-state index in [1.807, 2.05) is 30.3 Å². The molecule has 5 N–H and O–H groups in total. The van der Waals surface area contributed by atoms with E-state index in [9.17, 15) is 19.5 Å². The van der Waals surface area contributed by atoms with Crippen LogP contribution in [0, 0.1) is 11.8 Å². The largest absolute Gasteiger partial charge is 0.379 e. The number of hydrogen-bond acceptors (Lipinski definition) is 5. The summed E-state index contributed by atoms with van der Waals surface area (Å²) >= 11 is 0. The van der Waals surface area contributed by atoms with Gasteiger partial charge >= 0.3 is 0 Å². The van der Waals surface area contributed by atoms with Gasteiger partial charge in [-0.1, -0.05) is 51.1 Å². The second kappa shape index (κ2) is 9.86. The van der Waals surface area contributed by atoms with Crippen molar-refractivity contribution in [3.05, 3.63) is 41.5 Å². The van der Waals surface area contributed by atoms with E-state index < -0.39 is 35.3 Å². The number of allylic oxidation sites excluding steroid dienone is 1. The van der Waals surface area contributed by atoms with Crippen LogP contribution in [0.4, 0.5) is 0 Å². The van der Waals surface area contributed by atoms with Crippen LogP contribution in [0.1, 0.15) is 44.7 Å². The number of carbonyl (C=O) groups excluding carboxylic acids is 3. The zero-order valence-electron chi connectivity index (χ0n) is 17.9. The van der Waals surface area contributed by atoms with Crippen molar-refractivity contribution in [3.63, 3.8) is 0 Å². The summed E-state index contributed by atoms with van der Waals surface area (Å²) in [6.45, 7) is 4.97. The molecule has 30 heavy (non-hydrogen) atoms. The summed E-state index contributed by atoms with van der Waals surface area (Å²) < 4.78 is 0. The van der Waals surface area contributed by atoms with Crippen molar-refractivity contribution < 1.29 is 24.7 Å². The molecule has 0 spiro atoms. The Labute approximate surface area is 176 Å². The molecule has 8 heteroatoms. The number of aliphatic hydroxyl groups is 1. The number of carbonyl (C=O) groups is 3. The molecule has 164 valence electrons. The summed E-state index contributed by atoms with van der Waals surface area (Å²) in [6, 6.07) is 6.93. The fourth-order valence-electron chi connectivity index (χ4n) is 3.84. The molecule has 3 unspecified atom stereocenters. The van der Waals surface area contributed by atoms with Crippen LogP contribution in [0.3, 0.4) is 0 Å². The molecule has 1 aromatic carbocycles. The summed E-state index contributed by atoms with van der Waals surface area (Å²) in [6.07, 6.45) is 3.01. The maximum Gasteiger partial charge on any atom is 0.253 e. The van der Waals surface area contributed by atoms with E-state index in [4.69, 9.17) is 5.21 Å². The number of amides is 3. The maximum atomic E-state index is 13.1. The molecule has 8 nitrogen and oxygen atoms in total. The van der Waals surface area contributed by atoms with Gasteiger partial charge in [-0.2, -0.15) is 0 Å². The van der Waals surface area contributed by atoms with E-state index in [-0.39, 0.29) is 18.8 Å². The van der Waals surface area contributed by atoms with Gasteiger partial charge < -0.3 is 15.7 Å². The number of likely N-dealkylation sites (N-methyl/N-ethyl adjacent to an activating group) is 1. The zero-order chi connectivity index (χ0) is 22.5. The average molecular weight is 418 g/mol. The Kier molecular flexibility index (Phi) is 7.75. The van der Waals surface area contributed by atoms with Crippen LogP contribution >= 0.6 is 0 Å². The molecular weight excluding hydrogens is 386 g/mol. The van der Waals surface area contributed by atoms with E-state index in [0.29, 0.717) is 0 Å².